The molecule has 13 rings (SSSR count). The Morgan fingerprint density at radius 3 is 1.44 bits per heavy atom. The van der Waals surface area contributed by atoms with Gasteiger partial charge in [-0.05, 0) is 133 Å². The average Bonchev–Trinajstić information content (AvgIpc) is 4.02. The minimum Gasteiger partial charge on any atom is -0.310 e. The van der Waals surface area contributed by atoms with E-state index in [2.05, 4.69) is 252 Å². The van der Waals surface area contributed by atoms with Gasteiger partial charge in [0.2, 0.25) is 0 Å². The molecule has 0 saturated carbocycles. The molecule has 0 atom stereocenters. The first-order valence-corrected chi connectivity index (χ1v) is 23.5. The quantitative estimate of drug-likeness (QED) is 0.156. The van der Waals surface area contributed by atoms with Crippen LogP contribution in [0.4, 0.5) is 17.1 Å². The zero-order valence-corrected chi connectivity index (χ0v) is 37.4. The normalized spacial score (nSPS) is 11.8. The van der Waals surface area contributed by atoms with E-state index in [0.29, 0.717) is 0 Å². The van der Waals surface area contributed by atoms with Crippen molar-refractivity contribution in [2.75, 3.05) is 4.90 Å². The predicted octanol–water partition coefficient (Wildman–Crippen LogP) is 17.7. The molecule has 0 spiro atoms. The molecule has 3 nitrogen and oxygen atoms in total. The number of rotatable bonds is 7. The highest BCUT2D eigenvalue weighted by Gasteiger charge is 2.21. The number of fused-ring (bicyclic) bond motifs is 9. The maximum absolute atomic E-state index is 2.43. The van der Waals surface area contributed by atoms with Crippen LogP contribution in [0.2, 0.25) is 0 Å². The SMILES string of the molecule is Cc1cc(-c2ccc(N(c3ccc4c(c3)c3ccccc3n4-c3ccccc3)c3ccc4c(c3)c3ccccc3n4-c3ccccc3)cc2)ccc1-c1c(C)ccc2c1sc1ccccc12. The molecule has 13 aromatic rings. The fourth-order valence-electron chi connectivity index (χ4n) is 10.5. The Labute approximate surface area is 387 Å². The van der Waals surface area contributed by atoms with Gasteiger partial charge in [-0.15, -0.1) is 11.3 Å². The Balaban J connectivity index is 0.955. The lowest BCUT2D eigenvalue weighted by Gasteiger charge is -2.26. The molecule has 0 aliphatic rings. The summed E-state index contributed by atoms with van der Waals surface area (Å²) in [5.41, 5.74) is 18.0. The molecular formula is C62H43N3S. The second-order valence-electron chi connectivity index (χ2n) is 17.4. The standard InChI is InChI=1S/C62H43N3S/c1-40-25-33-53-52-21-11-14-24-60(52)66-62(53)61(40)49-34-28-43(37-41(49)2)42-26-29-46(30-27-42)63(47-31-35-58-54(38-47)50-19-9-12-22-56(50)64(58)44-15-5-3-6-16-44)48-32-36-59-55(39-48)51-20-10-13-23-57(51)65(59)45-17-7-4-8-18-45/h3-39H,1-2H3. The van der Waals surface area contributed by atoms with Gasteiger partial charge in [0.05, 0.1) is 22.1 Å². The van der Waals surface area contributed by atoms with Crippen molar-refractivity contribution in [3.63, 3.8) is 0 Å². The molecule has 0 bridgehead atoms. The van der Waals surface area contributed by atoms with Crippen LogP contribution in [0.15, 0.2) is 224 Å². The lowest BCUT2D eigenvalue weighted by atomic mass is 9.92. The molecule has 4 heteroatoms. The summed E-state index contributed by atoms with van der Waals surface area (Å²) in [5, 5.41) is 7.56. The minimum absolute atomic E-state index is 1.09. The smallest absolute Gasteiger partial charge is 0.0542 e. The summed E-state index contributed by atoms with van der Waals surface area (Å²) in [6.45, 7) is 4.51. The van der Waals surface area contributed by atoms with Crippen molar-refractivity contribution < 1.29 is 0 Å². The van der Waals surface area contributed by atoms with E-state index in [-0.39, 0.29) is 0 Å². The van der Waals surface area contributed by atoms with Gasteiger partial charge in [0.1, 0.15) is 0 Å². The van der Waals surface area contributed by atoms with Crippen LogP contribution >= 0.6 is 11.3 Å². The highest BCUT2D eigenvalue weighted by atomic mass is 32.1. The van der Waals surface area contributed by atoms with Crippen molar-refractivity contribution in [2.45, 2.75) is 13.8 Å². The Hall–Kier alpha value is -8.18. The Morgan fingerprint density at radius 2 is 0.848 bits per heavy atom. The van der Waals surface area contributed by atoms with Crippen LogP contribution in [0.5, 0.6) is 0 Å². The number of benzene rings is 10. The van der Waals surface area contributed by atoms with Gasteiger partial charge in [0.25, 0.3) is 0 Å². The molecule has 3 aromatic heterocycles. The van der Waals surface area contributed by atoms with E-state index in [9.17, 15) is 0 Å². The topological polar surface area (TPSA) is 13.1 Å². The fraction of sp³-hybridized carbons (Fsp3) is 0.0323. The Morgan fingerprint density at radius 1 is 0.348 bits per heavy atom. The number of anilines is 3. The largest absolute Gasteiger partial charge is 0.310 e. The summed E-state index contributed by atoms with van der Waals surface area (Å²) in [6.07, 6.45) is 0. The highest BCUT2D eigenvalue weighted by Crippen LogP contribution is 2.45. The van der Waals surface area contributed by atoms with Gasteiger partial charge >= 0.3 is 0 Å². The number of nitrogens with zero attached hydrogens (tertiary/aromatic N) is 3. The molecule has 0 saturated heterocycles. The van der Waals surface area contributed by atoms with Crippen molar-refractivity contribution in [2.24, 2.45) is 0 Å². The summed E-state index contributed by atoms with van der Waals surface area (Å²) < 4.78 is 7.47. The number of hydrogen-bond acceptors (Lipinski definition) is 2. The predicted molar refractivity (Wildman–Crippen MR) is 283 cm³/mol. The van der Waals surface area contributed by atoms with Gasteiger partial charge in [-0.1, -0.05) is 133 Å². The third-order valence-electron chi connectivity index (χ3n) is 13.6. The van der Waals surface area contributed by atoms with E-state index in [1.807, 2.05) is 11.3 Å². The number of hydrogen-bond donors (Lipinski definition) is 0. The van der Waals surface area contributed by atoms with E-state index >= 15 is 0 Å². The van der Waals surface area contributed by atoms with Crippen molar-refractivity contribution in [1.82, 2.24) is 9.13 Å². The second kappa shape index (κ2) is 15.2. The van der Waals surface area contributed by atoms with Crippen molar-refractivity contribution in [1.29, 1.82) is 0 Å². The molecule has 0 amide bonds. The van der Waals surface area contributed by atoms with Crippen molar-refractivity contribution in [3.8, 4) is 33.6 Å². The van der Waals surface area contributed by atoms with E-state index < -0.39 is 0 Å². The third-order valence-corrected chi connectivity index (χ3v) is 14.8. The van der Waals surface area contributed by atoms with Crippen LogP contribution in [0.25, 0.3) is 97.4 Å². The van der Waals surface area contributed by atoms with E-state index in [1.54, 1.807) is 0 Å². The second-order valence-corrected chi connectivity index (χ2v) is 18.5. The lowest BCUT2D eigenvalue weighted by Crippen LogP contribution is -2.10. The molecule has 0 radical (unpaired) electrons. The maximum Gasteiger partial charge on any atom is 0.0542 e. The zero-order chi connectivity index (χ0) is 43.9. The van der Waals surface area contributed by atoms with Gasteiger partial charge in [-0.2, -0.15) is 0 Å². The lowest BCUT2D eigenvalue weighted by molar-refractivity contribution is 1.18. The first-order valence-electron chi connectivity index (χ1n) is 22.7. The van der Waals surface area contributed by atoms with Crippen LogP contribution in [0.3, 0.4) is 0 Å². The first-order chi connectivity index (χ1) is 32.6. The average molecular weight is 862 g/mol. The molecule has 312 valence electrons. The molecule has 3 heterocycles. The monoisotopic (exact) mass is 861 g/mol. The zero-order valence-electron chi connectivity index (χ0n) is 36.6. The molecule has 0 aliphatic heterocycles. The maximum atomic E-state index is 2.43. The third kappa shape index (κ3) is 6.03. The van der Waals surface area contributed by atoms with Crippen LogP contribution in [-0.4, -0.2) is 9.13 Å². The summed E-state index contributed by atoms with van der Waals surface area (Å²) in [6, 6.07) is 82.3. The molecule has 0 N–H and O–H groups in total. The summed E-state index contributed by atoms with van der Waals surface area (Å²) >= 11 is 1.90. The Bertz CT molecular complexity index is 3850. The van der Waals surface area contributed by atoms with E-state index in [0.717, 1.165) is 28.4 Å². The Kier molecular flexibility index (Phi) is 8.84. The van der Waals surface area contributed by atoms with Gasteiger partial charge in [0, 0.05) is 75.7 Å². The molecule has 0 aliphatic carbocycles. The molecule has 66 heavy (non-hydrogen) atoms. The molecule has 0 unspecified atom stereocenters. The van der Waals surface area contributed by atoms with Crippen LogP contribution < -0.4 is 4.90 Å². The summed E-state index contributed by atoms with van der Waals surface area (Å²) in [5.74, 6) is 0. The highest BCUT2D eigenvalue weighted by molar-refractivity contribution is 7.26. The summed E-state index contributed by atoms with van der Waals surface area (Å²) in [4.78, 5) is 2.43. The minimum atomic E-state index is 1.09. The van der Waals surface area contributed by atoms with Gasteiger partial charge in [-0.3, -0.25) is 0 Å². The van der Waals surface area contributed by atoms with Gasteiger partial charge in [-0.25, -0.2) is 0 Å². The summed E-state index contributed by atoms with van der Waals surface area (Å²) in [7, 11) is 0. The fourth-order valence-corrected chi connectivity index (χ4v) is 11.8. The number of aryl methyl sites for hydroxylation is 2. The first kappa shape index (κ1) is 38.3. The number of aromatic nitrogens is 2. The van der Waals surface area contributed by atoms with E-state index in [4.69, 9.17) is 0 Å². The van der Waals surface area contributed by atoms with Crippen LogP contribution in [0, 0.1) is 13.8 Å². The molecule has 0 fully saturated rings. The molecule has 10 aromatic carbocycles. The number of para-hydroxylation sites is 4. The van der Waals surface area contributed by atoms with Crippen molar-refractivity contribution in [3.05, 3.63) is 236 Å². The van der Waals surface area contributed by atoms with Gasteiger partial charge in [0.15, 0.2) is 0 Å². The van der Waals surface area contributed by atoms with E-state index in [1.165, 1.54) is 97.2 Å². The van der Waals surface area contributed by atoms with Crippen LogP contribution in [0.1, 0.15) is 11.1 Å². The van der Waals surface area contributed by atoms with Gasteiger partial charge < -0.3 is 14.0 Å². The van der Waals surface area contributed by atoms with Crippen LogP contribution in [-0.2, 0) is 0 Å². The molecular weight excluding hydrogens is 819 g/mol. The number of thiophene rings is 1. The van der Waals surface area contributed by atoms with Crippen molar-refractivity contribution >= 4 is 92.2 Å².